The van der Waals surface area contributed by atoms with Gasteiger partial charge >= 0.3 is 0 Å². The van der Waals surface area contributed by atoms with Crippen LogP contribution >= 0.6 is 0 Å². The Labute approximate surface area is 152 Å². The molecule has 0 aliphatic rings. The second-order valence-corrected chi connectivity index (χ2v) is 5.45. The van der Waals surface area contributed by atoms with Gasteiger partial charge in [-0.05, 0) is 19.1 Å². The van der Waals surface area contributed by atoms with Crippen molar-refractivity contribution in [3.05, 3.63) is 48.8 Å². The van der Waals surface area contributed by atoms with Gasteiger partial charge in [-0.25, -0.2) is 4.98 Å². The van der Waals surface area contributed by atoms with Crippen LogP contribution in [0.4, 0.5) is 17.5 Å². The summed E-state index contributed by atoms with van der Waals surface area (Å²) in [5, 5.41) is 6.46. The van der Waals surface area contributed by atoms with Gasteiger partial charge in [-0.1, -0.05) is 0 Å². The van der Waals surface area contributed by atoms with Crippen molar-refractivity contribution in [2.24, 2.45) is 0 Å². The summed E-state index contributed by atoms with van der Waals surface area (Å²) in [7, 11) is 3.24. The van der Waals surface area contributed by atoms with Crippen LogP contribution in [0.25, 0.3) is 11.3 Å². The summed E-state index contributed by atoms with van der Waals surface area (Å²) in [5.41, 5.74) is 2.58. The van der Waals surface area contributed by atoms with Crippen molar-refractivity contribution in [2.45, 2.75) is 6.92 Å². The highest BCUT2D eigenvalue weighted by Gasteiger charge is 2.08. The summed E-state index contributed by atoms with van der Waals surface area (Å²) in [6.45, 7) is 2.73. The predicted molar refractivity (Wildman–Crippen MR) is 102 cm³/mol. The van der Waals surface area contributed by atoms with Gasteiger partial charge in [-0.15, -0.1) is 0 Å². The molecule has 1 aromatic carbocycles. The second-order valence-electron chi connectivity index (χ2n) is 5.45. The average Bonchev–Trinajstić information content (AvgIpc) is 2.68. The molecule has 0 spiro atoms. The highest BCUT2D eigenvalue weighted by molar-refractivity contribution is 5.68. The standard InChI is InChI=1S/C19H21N5O2/c1-4-21-19-23-17(13-5-7-20-8-6-13)12-18(24-19)22-14-9-15(25-2)11-16(10-14)26-3/h5-12H,4H2,1-3H3,(H2,21,22,23,24). The van der Waals surface area contributed by atoms with Gasteiger partial charge in [0, 0.05) is 54.5 Å². The first-order valence-corrected chi connectivity index (χ1v) is 8.25. The lowest BCUT2D eigenvalue weighted by atomic mass is 10.2. The molecule has 26 heavy (non-hydrogen) atoms. The number of nitrogens with one attached hydrogen (secondary N) is 2. The number of pyridine rings is 1. The molecule has 2 aromatic heterocycles. The Morgan fingerprint density at radius 1 is 0.923 bits per heavy atom. The molecule has 3 aromatic rings. The van der Waals surface area contributed by atoms with Crippen molar-refractivity contribution < 1.29 is 9.47 Å². The number of hydrogen-bond acceptors (Lipinski definition) is 7. The SMILES string of the molecule is CCNc1nc(Nc2cc(OC)cc(OC)c2)cc(-c2ccncc2)n1. The van der Waals surface area contributed by atoms with E-state index in [0.717, 1.165) is 23.5 Å². The smallest absolute Gasteiger partial charge is 0.225 e. The quantitative estimate of drug-likeness (QED) is 0.671. The number of hydrogen-bond donors (Lipinski definition) is 2. The van der Waals surface area contributed by atoms with E-state index in [1.54, 1.807) is 26.6 Å². The largest absolute Gasteiger partial charge is 0.497 e. The Kier molecular flexibility index (Phi) is 5.48. The van der Waals surface area contributed by atoms with E-state index in [1.165, 1.54) is 0 Å². The van der Waals surface area contributed by atoms with Crippen LogP contribution in [-0.4, -0.2) is 35.7 Å². The maximum absolute atomic E-state index is 5.32. The van der Waals surface area contributed by atoms with Crippen molar-refractivity contribution in [1.82, 2.24) is 15.0 Å². The first-order valence-electron chi connectivity index (χ1n) is 8.25. The maximum Gasteiger partial charge on any atom is 0.225 e. The molecular formula is C19H21N5O2. The van der Waals surface area contributed by atoms with Gasteiger partial charge in [0.25, 0.3) is 0 Å². The molecule has 0 saturated carbocycles. The van der Waals surface area contributed by atoms with Crippen LogP contribution in [0.5, 0.6) is 11.5 Å². The number of benzene rings is 1. The van der Waals surface area contributed by atoms with E-state index in [2.05, 4.69) is 25.6 Å². The van der Waals surface area contributed by atoms with E-state index in [1.807, 2.05) is 43.3 Å². The van der Waals surface area contributed by atoms with Crippen molar-refractivity contribution >= 4 is 17.5 Å². The van der Waals surface area contributed by atoms with Gasteiger partial charge < -0.3 is 20.1 Å². The minimum absolute atomic E-state index is 0.555. The molecule has 0 aliphatic heterocycles. The molecule has 2 heterocycles. The normalized spacial score (nSPS) is 10.3. The fourth-order valence-corrected chi connectivity index (χ4v) is 2.45. The van der Waals surface area contributed by atoms with Gasteiger partial charge in [0.1, 0.15) is 17.3 Å². The van der Waals surface area contributed by atoms with Gasteiger partial charge in [0.2, 0.25) is 5.95 Å². The number of nitrogens with zero attached hydrogens (tertiary/aromatic N) is 3. The van der Waals surface area contributed by atoms with Crippen LogP contribution in [0.3, 0.4) is 0 Å². The monoisotopic (exact) mass is 351 g/mol. The van der Waals surface area contributed by atoms with E-state index in [4.69, 9.17) is 9.47 Å². The predicted octanol–water partition coefficient (Wildman–Crippen LogP) is 3.73. The van der Waals surface area contributed by atoms with Crippen molar-refractivity contribution in [3.8, 4) is 22.8 Å². The summed E-state index contributed by atoms with van der Waals surface area (Å²) >= 11 is 0. The Morgan fingerprint density at radius 3 is 2.23 bits per heavy atom. The van der Waals surface area contributed by atoms with Crippen LogP contribution in [-0.2, 0) is 0 Å². The topological polar surface area (TPSA) is 81.2 Å². The van der Waals surface area contributed by atoms with E-state index >= 15 is 0 Å². The first-order chi connectivity index (χ1) is 12.7. The van der Waals surface area contributed by atoms with E-state index in [9.17, 15) is 0 Å². The molecular weight excluding hydrogens is 330 g/mol. The van der Waals surface area contributed by atoms with Gasteiger partial charge in [-0.2, -0.15) is 4.98 Å². The van der Waals surface area contributed by atoms with E-state index in [-0.39, 0.29) is 0 Å². The van der Waals surface area contributed by atoms with Crippen molar-refractivity contribution in [3.63, 3.8) is 0 Å². The summed E-state index contributed by atoms with van der Waals surface area (Å²) in [6, 6.07) is 11.3. The highest BCUT2D eigenvalue weighted by Crippen LogP contribution is 2.29. The zero-order valence-electron chi connectivity index (χ0n) is 15.0. The molecule has 7 nitrogen and oxygen atoms in total. The fourth-order valence-electron chi connectivity index (χ4n) is 2.45. The maximum atomic E-state index is 5.32. The molecule has 0 radical (unpaired) electrons. The minimum atomic E-state index is 0.555. The lowest BCUT2D eigenvalue weighted by molar-refractivity contribution is 0.395. The van der Waals surface area contributed by atoms with Crippen LogP contribution in [0, 0.1) is 0 Å². The second kappa shape index (κ2) is 8.15. The molecule has 0 aliphatic carbocycles. The Bertz CT molecular complexity index is 849. The number of rotatable bonds is 7. The highest BCUT2D eigenvalue weighted by atomic mass is 16.5. The van der Waals surface area contributed by atoms with Gasteiger partial charge in [0.05, 0.1) is 19.9 Å². The molecule has 0 atom stereocenters. The van der Waals surface area contributed by atoms with Crippen molar-refractivity contribution in [2.75, 3.05) is 31.4 Å². The number of anilines is 3. The van der Waals surface area contributed by atoms with E-state index in [0.29, 0.717) is 23.3 Å². The molecule has 0 bridgehead atoms. The first kappa shape index (κ1) is 17.5. The minimum Gasteiger partial charge on any atom is -0.497 e. The summed E-state index contributed by atoms with van der Waals surface area (Å²) in [6.07, 6.45) is 3.48. The lowest BCUT2D eigenvalue weighted by Crippen LogP contribution is -2.05. The molecule has 0 saturated heterocycles. The third-order valence-electron chi connectivity index (χ3n) is 3.66. The fraction of sp³-hybridized carbons (Fsp3) is 0.211. The van der Waals surface area contributed by atoms with Crippen LogP contribution < -0.4 is 20.1 Å². The molecule has 134 valence electrons. The summed E-state index contributed by atoms with van der Waals surface area (Å²) < 4.78 is 10.6. The molecule has 2 N–H and O–H groups in total. The molecule has 3 rings (SSSR count). The zero-order valence-corrected chi connectivity index (χ0v) is 15.0. The Hall–Kier alpha value is -3.35. The molecule has 0 amide bonds. The number of methoxy groups -OCH3 is 2. The van der Waals surface area contributed by atoms with Crippen LogP contribution in [0.1, 0.15) is 6.92 Å². The van der Waals surface area contributed by atoms with E-state index < -0.39 is 0 Å². The van der Waals surface area contributed by atoms with Gasteiger partial charge in [0.15, 0.2) is 0 Å². The Balaban J connectivity index is 1.98. The molecule has 7 heteroatoms. The molecule has 0 fully saturated rings. The zero-order chi connectivity index (χ0) is 18.4. The lowest BCUT2D eigenvalue weighted by Gasteiger charge is -2.12. The summed E-state index contributed by atoms with van der Waals surface area (Å²) in [4.78, 5) is 13.1. The van der Waals surface area contributed by atoms with Crippen LogP contribution in [0.2, 0.25) is 0 Å². The third-order valence-corrected chi connectivity index (χ3v) is 3.66. The summed E-state index contributed by atoms with van der Waals surface area (Å²) in [5.74, 6) is 2.61. The average molecular weight is 351 g/mol. The Morgan fingerprint density at radius 2 is 1.62 bits per heavy atom. The van der Waals surface area contributed by atoms with Crippen LogP contribution in [0.15, 0.2) is 48.8 Å². The number of ether oxygens (including phenoxy) is 2. The third kappa shape index (κ3) is 4.18. The van der Waals surface area contributed by atoms with Crippen molar-refractivity contribution in [1.29, 1.82) is 0 Å². The van der Waals surface area contributed by atoms with Gasteiger partial charge in [-0.3, -0.25) is 4.98 Å². The number of aromatic nitrogens is 3. The molecule has 0 unspecified atom stereocenters.